The molecule has 7 heteroatoms. The predicted molar refractivity (Wildman–Crippen MR) is 102 cm³/mol. The Morgan fingerprint density at radius 1 is 1.35 bits per heavy atom. The van der Waals surface area contributed by atoms with Gasteiger partial charge in [-0.3, -0.25) is 9.59 Å². The number of amides is 1. The Morgan fingerprint density at radius 2 is 2.08 bits per heavy atom. The third-order valence-corrected chi connectivity index (χ3v) is 4.45. The minimum atomic E-state index is -0.454. The van der Waals surface area contributed by atoms with Crippen molar-refractivity contribution in [1.82, 2.24) is 10.6 Å². The molecule has 0 saturated heterocycles. The van der Waals surface area contributed by atoms with Gasteiger partial charge in [-0.2, -0.15) is 0 Å². The standard InChI is InChI=1S/C19H24N2O4S/c1-3-7-14(19(26)24-2)20-15-10-17(22)21-16(15)11-18(23)25-12-13-8-5-4-6-9-13/h4-6,8-10,14,16,20H,3,7,11-12H2,1-2H3,(H,21,22)/t14-,16-/m0/s1. The van der Waals surface area contributed by atoms with E-state index in [4.69, 9.17) is 21.7 Å². The molecule has 0 aliphatic carbocycles. The Kier molecular flexibility index (Phi) is 7.59. The van der Waals surface area contributed by atoms with E-state index in [0.29, 0.717) is 10.7 Å². The SMILES string of the molecule is CCC[C@H](NC1=CC(=O)N[C@H]1CC(=O)OCc1ccccc1)C(=S)OC. The molecule has 1 aliphatic heterocycles. The molecule has 0 unspecified atom stereocenters. The zero-order valence-corrected chi connectivity index (χ0v) is 15.8. The first-order valence-corrected chi connectivity index (χ1v) is 9.00. The predicted octanol–water partition coefficient (Wildman–Crippen LogP) is 2.23. The molecule has 0 aromatic heterocycles. The van der Waals surface area contributed by atoms with Crippen LogP contribution >= 0.6 is 12.2 Å². The summed E-state index contributed by atoms with van der Waals surface area (Å²) in [6.45, 7) is 2.25. The quantitative estimate of drug-likeness (QED) is 0.508. The summed E-state index contributed by atoms with van der Waals surface area (Å²) < 4.78 is 10.4. The Bertz CT molecular complexity index is 675. The summed E-state index contributed by atoms with van der Waals surface area (Å²) in [4.78, 5) is 23.9. The molecule has 1 amide bonds. The van der Waals surface area contributed by atoms with Crippen LogP contribution in [0.25, 0.3) is 0 Å². The Labute approximate surface area is 158 Å². The minimum Gasteiger partial charge on any atom is -0.488 e. The summed E-state index contributed by atoms with van der Waals surface area (Å²) in [5, 5.41) is 6.42. The zero-order chi connectivity index (χ0) is 18.9. The van der Waals surface area contributed by atoms with Gasteiger partial charge in [0.15, 0.2) is 5.05 Å². The van der Waals surface area contributed by atoms with E-state index in [1.54, 1.807) is 0 Å². The number of thiocarbonyl (C=S) groups is 1. The van der Waals surface area contributed by atoms with Gasteiger partial charge in [0.25, 0.3) is 0 Å². The summed E-state index contributed by atoms with van der Waals surface area (Å²) in [6, 6.07) is 8.80. The highest BCUT2D eigenvalue weighted by molar-refractivity contribution is 7.80. The monoisotopic (exact) mass is 376 g/mol. The summed E-state index contributed by atoms with van der Waals surface area (Å²) >= 11 is 5.22. The van der Waals surface area contributed by atoms with Crippen LogP contribution in [0.2, 0.25) is 0 Å². The first kappa shape index (κ1) is 19.9. The lowest BCUT2D eigenvalue weighted by molar-refractivity contribution is -0.145. The number of carbonyl (C=O) groups is 2. The lowest BCUT2D eigenvalue weighted by atomic mass is 10.1. The van der Waals surface area contributed by atoms with E-state index >= 15 is 0 Å². The van der Waals surface area contributed by atoms with Gasteiger partial charge in [0.05, 0.1) is 25.6 Å². The van der Waals surface area contributed by atoms with E-state index in [1.165, 1.54) is 13.2 Å². The molecule has 1 aliphatic rings. The number of benzene rings is 1. The highest BCUT2D eigenvalue weighted by Crippen LogP contribution is 2.15. The van der Waals surface area contributed by atoms with Crippen molar-refractivity contribution in [3.05, 3.63) is 47.7 Å². The molecule has 1 aromatic rings. The van der Waals surface area contributed by atoms with Crippen molar-refractivity contribution in [3.63, 3.8) is 0 Å². The van der Waals surface area contributed by atoms with E-state index < -0.39 is 6.04 Å². The maximum absolute atomic E-state index is 12.1. The van der Waals surface area contributed by atoms with Crippen molar-refractivity contribution in [2.75, 3.05) is 7.11 Å². The molecule has 140 valence electrons. The molecule has 2 rings (SSSR count). The summed E-state index contributed by atoms with van der Waals surface area (Å²) in [5.74, 6) is -0.623. The number of esters is 1. The van der Waals surface area contributed by atoms with Crippen LogP contribution in [-0.4, -0.2) is 36.1 Å². The number of rotatable bonds is 9. The molecule has 0 saturated carbocycles. The lowest BCUT2D eigenvalue weighted by Gasteiger charge is -2.23. The zero-order valence-electron chi connectivity index (χ0n) is 15.0. The lowest BCUT2D eigenvalue weighted by Crippen LogP contribution is -2.42. The van der Waals surface area contributed by atoms with Crippen LogP contribution in [-0.2, 0) is 25.7 Å². The van der Waals surface area contributed by atoms with Crippen LogP contribution in [0, 0.1) is 0 Å². The van der Waals surface area contributed by atoms with Crippen LogP contribution in [0.4, 0.5) is 0 Å². The molecule has 1 aromatic carbocycles. The fourth-order valence-electron chi connectivity index (χ4n) is 2.68. The number of methoxy groups -OCH3 is 1. The third-order valence-electron chi connectivity index (χ3n) is 4.00. The molecule has 0 bridgehead atoms. The number of nitrogens with one attached hydrogen (secondary N) is 2. The number of ether oxygens (including phenoxy) is 2. The Balaban J connectivity index is 1.92. The Hall–Kier alpha value is -2.41. The van der Waals surface area contributed by atoms with E-state index in [1.807, 2.05) is 37.3 Å². The smallest absolute Gasteiger partial charge is 0.308 e. The third kappa shape index (κ3) is 5.84. The number of hydrogen-bond donors (Lipinski definition) is 2. The van der Waals surface area contributed by atoms with Crippen LogP contribution < -0.4 is 10.6 Å². The van der Waals surface area contributed by atoms with Gasteiger partial charge in [-0.05, 0) is 24.2 Å². The topological polar surface area (TPSA) is 76.7 Å². The van der Waals surface area contributed by atoms with Crippen molar-refractivity contribution in [2.45, 2.75) is 44.9 Å². The maximum atomic E-state index is 12.1. The second-order valence-corrected chi connectivity index (χ2v) is 6.42. The van der Waals surface area contributed by atoms with Gasteiger partial charge >= 0.3 is 5.97 Å². The highest BCUT2D eigenvalue weighted by atomic mass is 32.1. The van der Waals surface area contributed by atoms with Crippen LogP contribution in [0.1, 0.15) is 31.7 Å². The largest absolute Gasteiger partial charge is 0.488 e. The highest BCUT2D eigenvalue weighted by Gasteiger charge is 2.29. The van der Waals surface area contributed by atoms with Crippen LogP contribution in [0.3, 0.4) is 0 Å². The van der Waals surface area contributed by atoms with Crippen molar-refractivity contribution in [3.8, 4) is 0 Å². The average Bonchev–Trinajstić information content (AvgIpc) is 2.98. The number of hydrogen-bond acceptors (Lipinski definition) is 6. The molecule has 1 heterocycles. The molecule has 0 radical (unpaired) electrons. The van der Waals surface area contributed by atoms with Gasteiger partial charge in [0.2, 0.25) is 5.91 Å². The molecule has 0 fully saturated rings. The van der Waals surface area contributed by atoms with Gasteiger partial charge in [0, 0.05) is 11.8 Å². The second-order valence-electron chi connectivity index (χ2n) is 6.02. The number of carbonyl (C=O) groups excluding carboxylic acids is 2. The van der Waals surface area contributed by atoms with E-state index in [9.17, 15) is 9.59 Å². The maximum Gasteiger partial charge on any atom is 0.308 e. The fraction of sp³-hybridized carbons (Fsp3) is 0.421. The van der Waals surface area contributed by atoms with Crippen molar-refractivity contribution in [2.24, 2.45) is 0 Å². The first-order chi connectivity index (χ1) is 12.5. The fourth-order valence-corrected chi connectivity index (χ4v) is 2.86. The van der Waals surface area contributed by atoms with Crippen LogP contribution in [0.15, 0.2) is 42.1 Å². The van der Waals surface area contributed by atoms with E-state index in [2.05, 4.69) is 10.6 Å². The van der Waals surface area contributed by atoms with E-state index in [0.717, 1.165) is 18.4 Å². The Morgan fingerprint density at radius 3 is 2.73 bits per heavy atom. The van der Waals surface area contributed by atoms with Gasteiger partial charge in [-0.15, -0.1) is 0 Å². The molecule has 0 spiro atoms. The van der Waals surface area contributed by atoms with Gasteiger partial charge < -0.3 is 20.1 Å². The summed E-state index contributed by atoms with van der Waals surface area (Å²) in [7, 11) is 1.53. The molecule has 26 heavy (non-hydrogen) atoms. The first-order valence-electron chi connectivity index (χ1n) is 8.59. The second kappa shape index (κ2) is 9.91. The molecular weight excluding hydrogens is 352 g/mol. The van der Waals surface area contributed by atoms with Crippen molar-refractivity contribution >= 4 is 29.1 Å². The van der Waals surface area contributed by atoms with Crippen LogP contribution in [0.5, 0.6) is 0 Å². The van der Waals surface area contributed by atoms with E-state index in [-0.39, 0.29) is 30.9 Å². The van der Waals surface area contributed by atoms with Crippen molar-refractivity contribution in [1.29, 1.82) is 0 Å². The van der Waals surface area contributed by atoms with Crippen molar-refractivity contribution < 1.29 is 19.1 Å². The molecular formula is C19H24N2O4S. The van der Waals surface area contributed by atoms with Gasteiger partial charge in [0.1, 0.15) is 6.61 Å². The normalized spacial score (nSPS) is 17.1. The van der Waals surface area contributed by atoms with Gasteiger partial charge in [-0.1, -0.05) is 43.7 Å². The molecule has 2 atom stereocenters. The van der Waals surface area contributed by atoms with Gasteiger partial charge in [-0.25, -0.2) is 0 Å². The minimum absolute atomic E-state index is 0.0516. The molecule has 2 N–H and O–H groups in total. The summed E-state index contributed by atoms with van der Waals surface area (Å²) in [6.07, 6.45) is 3.18. The molecule has 6 nitrogen and oxygen atoms in total. The summed E-state index contributed by atoms with van der Waals surface area (Å²) in [5.41, 5.74) is 1.54. The average molecular weight is 376 g/mol.